The third kappa shape index (κ3) is 3.97. The predicted octanol–water partition coefficient (Wildman–Crippen LogP) is 13.4. The summed E-state index contributed by atoms with van der Waals surface area (Å²) < 4.78 is 9.69. The van der Waals surface area contributed by atoms with Crippen LogP contribution in [0.15, 0.2) is 168 Å². The highest BCUT2D eigenvalue weighted by Gasteiger charge is 2.25. The summed E-state index contributed by atoms with van der Waals surface area (Å²) in [7, 11) is 0. The topological polar surface area (TPSA) is 16.4 Å². The van der Waals surface area contributed by atoms with Crippen molar-refractivity contribution in [2.75, 3.05) is 4.90 Å². The van der Waals surface area contributed by atoms with Crippen molar-refractivity contribution in [2.45, 2.75) is 0 Å². The highest BCUT2D eigenvalue weighted by Crippen LogP contribution is 2.50. The van der Waals surface area contributed by atoms with Gasteiger partial charge in [0.25, 0.3) is 0 Å². The minimum atomic E-state index is 0.878. The fraction of sp³-hybridized carbons (Fsp3) is 0. The summed E-state index contributed by atoms with van der Waals surface area (Å²) >= 11 is 1.85. The van der Waals surface area contributed by atoms with E-state index in [4.69, 9.17) is 4.42 Å². The zero-order valence-electron chi connectivity index (χ0n) is 25.4. The predicted molar refractivity (Wildman–Crippen MR) is 202 cm³/mol. The molecule has 3 heteroatoms. The van der Waals surface area contributed by atoms with Crippen molar-refractivity contribution in [3.8, 4) is 11.1 Å². The lowest BCUT2D eigenvalue weighted by atomic mass is 9.95. The fourth-order valence-corrected chi connectivity index (χ4v) is 8.55. The van der Waals surface area contributed by atoms with Crippen LogP contribution < -0.4 is 4.90 Å². The number of furan rings is 1. The molecule has 0 aliphatic rings. The second-order valence-electron chi connectivity index (χ2n) is 12.1. The molecule has 0 spiro atoms. The van der Waals surface area contributed by atoms with Crippen LogP contribution in [0.25, 0.3) is 74.8 Å². The second-order valence-corrected chi connectivity index (χ2v) is 13.1. The van der Waals surface area contributed by atoms with Crippen LogP contribution in [-0.4, -0.2) is 0 Å². The first-order valence-corrected chi connectivity index (χ1v) is 16.8. The molecule has 0 fully saturated rings. The number of hydrogen-bond donors (Lipinski definition) is 0. The molecule has 0 saturated heterocycles. The van der Waals surface area contributed by atoms with Crippen molar-refractivity contribution < 1.29 is 4.42 Å². The third-order valence-corrected chi connectivity index (χ3v) is 10.6. The first-order valence-electron chi connectivity index (χ1n) is 15.9. The smallest absolute Gasteiger partial charge is 0.159 e. The van der Waals surface area contributed by atoms with E-state index in [1.165, 1.54) is 41.9 Å². The van der Waals surface area contributed by atoms with Gasteiger partial charge in [0, 0.05) is 37.3 Å². The molecule has 0 aliphatic carbocycles. The maximum absolute atomic E-state index is 7.15. The zero-order chi connectivity index (χ0) is 30.9. The number of nitrogens with zero attached hydrogens (tertiary/aromatic N) is 1. The molecular weight excluding hydrogens is 591 g/mol. The van der Waals surface area contributed by atoms with Crippen LogP contribution >= 0.6 is 11.3 Å². The Morgan fingerprint density at radius 1 is 0.404 bits per heavy atom. The summed E-state index contributed by atoms with van der Waals surface area (Å²) in [4.78, 5) is 2.40. The van der Waals surface area contributed by atoms with Crippen LogP contribution in [0.2, 0.25) is 0 Å². The minimum Gasteiger partial charge on any atom is -0.453 e. The molecule has 0 aliphatic heterocycles. The fourth-order valence-electron chi connectivity index (χ4n) is 7.35. The van der Waals surface area contributed by atoms with E-state index in [1.54, 1.807) is 0 Å². The van der Waals surface area contributed by atoms with Gasteiger partial charge in [0.05, 0.1) is 16.1 Å². The lowest BCUT2D eigenvalue weighted by Gasteiger charge is -2.26. The molecule has 47 heavy (non-hydrogen) atoms. The third-order valence-electron chi connectivity index (χ3n) is 9.41. The standard InChI is InChI=1S/C44H27NOS/c1-3-14-28(15-4-1)29-26-37-41-34-21-9-7-18-31(34)32-19-8-10-22-35(32)43(41)46-42(37)39(27-29)45(30-16-5-2-6-17-30)38-24-13-23-36-33-20-11-12-25-40(33)47-44(36)38/h1-27H. The van der Waals surface area contributed by atoms with Gasteiger partial charge in [0.1, 0.15) is 5.58 Å². The molecule has 0 N–H and O–H groups in total. The maximum Gasteiger partial charge on any atom is 0.159 e. The molecule has 2 aromatic heterocycles. The lowest BCUT2D eigenvalue weighted by Crippen LogP contribution is -2.10. The SMILES string of the molecule is c1ccc(-c2cc(N(c3ccccc3)c3cccc4c3sc3ccccc34)c3oc4c5ccccc5c5ccccc5c4c3c2)cc1. The van der Waals surface area contributed by atoms with Crippen molar-refractivity contribution in [1.29, 1.82) is 0 Å². The van der Waals surface area contributed by atoms with Gasteiger partial charge >= 0.3 is 0 Å². The van der Waals surface area contributed by atoms with Gasteiger partial charge in [0.15, 0.2) is 5.58 Å². The normalized spacial score (nSPS) is 11.8. The van der Waals surface area contributed by atoms with Crippen molar-refractivity contribution in [3.05, 3.63) is 164 Å². The average Bonchev–Trinajstić information content (AvgIpc) is 3.73. The monoisotopic (exact) mass is 617 g/mol. The van der Waals surface area contributed by atoms with Crippen LogP contribution in [0, 0.1) is 0 Å². The number of rotatable bonds is 4. The maximum atomic E-state index is 7.15. The summed E-state index contributed by atoms with van der Waals surface area (Å²) in [6.07, 6.45) is 0. The Kier molecular flexibility index (Phi) is 5.78. The Morgan fingerprint density at radius 2 is 1.02 bits per heavy atom. The molecule has 0 radical (unpaired) electrons. The Balaban J connectivity index is 1.39. The Morgan fingerprint density at radius 3 is 1.81 bits per heavy atom. The molecule has 220 valence electrons. The summed E-state index contributed by atoms with van der Waals surface area (Å²) in [5, 5.41) is 9.59. The first-order chi connectivity index (χ1) is 23.3. The molecule has 10 rings (SSSR count). The number of thiophene rings is 1. The second kappa shape index (κ2) is 10.3. The van der Waals surface area contributed by atoms with Gasteiger partial charge in [-0.15, -0.1) is 11.3 Å². The lowest BCUT2D eigenvalue weighted by molar-refractivity contribution is 0.673. The Hall–Kier alpha value is -5.90. The van der Waals surface area contributed by atoms with Gasteiger partial charge in [-0.3, -0.25) is 0 Å². The number of fused-ring (bicyclic) bond motifs is 11. The van der Waals surface area contributed by atoms with E-state index in [0.29, 0.717) is 0 Å². The quantitative estimate of drug-likeness (QED) is 0.183. The number of hydrogen-bond acceptors (Lipinski definition) is 3. The highest BCUT2D eigenvalue weighted by atomic mass is 32.1. The zero-order valence-corrected chi connectivity index (χ0v) is 26.2. The van der Waals surface area contributed by atoms with Crippen LogP contribution in [-0.2, 0) is 0 Å². The molecule has 0 amide bonds. The van der Waals surface area contributed by atoms with Crippen LogP contribution in [0.1, 0.15) is 0 Å². The number of benzene rings is 8. The van der Waals surface area contributed by atoms with Crippen LogP contribution in [0.4, 0.5) is 17.1 Å². The van der Waals surface area contributed by atoms with Crippen molar-refractivity contribution in [2.24, 2.45) is 0 Å². The van der Waals surface area contributed by atoms with Crippen molar-refractivity contribution >= 4 is 92.1 Å². The Labute approximate surface area is 275 Å². The van der Waals surface area contributed by atoms with E-state index in [0.717, 1.165) is 50.0 Å². The summed E-state index contributed by atoms with van der Waals surface area (Å²) in [5.74, 6) is 0. The van der Waals surface area contributed by atoms with Crippen molar-refractivity contribution in [3.63, 3.8) is 0 Å². The van der Waals surface area contributed by atoms with E-state index in [2.05, 4.69) is 169 Å². The van der Waals surface area contributed by atoms with Crippen molar-refractivity contribution in [1.82, 2.24) is 0 Å². The van der Waals surface area contributed by atoms with Gasteiger partial charge in [-0.25, -0.2) is 0 Å². The van der Waals surface area contributed by atoms with Gasteiger partial charge in [-0.05, 0) is 63.7 Å². The number of anilines is 3. The largest absolute Gasteiger partial charge is 0.453 e. The minimum absolute atomic E-state index is 0.878. The van der Waals surface area contributed by atoms with Gasteiger partial charge in [-0.2, -0.15) is 0 Å². The van der Waals surface area contributed by atoms with E-state index in [1.807, 2.05) is 11.3 Å². The van der Waals surface area contributed by atoms with E-state index in [9.17, 15) is 0 Å². The van der Waals surface area contributed by atoms with E-state index in [-0.39, 0.29) is 0 Å². The molecule has 10 aromatic rings. The van der Waals surface area contributed by atoms with Gasteiger partial charge < -0.3 is 9.32 Å². The van der Waals surface area contributed by atoms with Crippen LogP contribution in [0.3, 0.4) is 0 Å². The van der Waals surface area contributed by atoms with Crippen LogP contribution in [0.5, 0.6) is 0 Å². The van der Waals surface area contributed by atoms with E-state index < -0.39 is 0 Å². The highest BCUT2D eigenvalue weighted by molar-refractivity contribution is 7.26. The van der Waals surface area contributed by atoms with E-state index >= 15 is 0 Å². The summed E-state index contributed by atoms with van der Waals surface area (Å²) in [6.45, 7) is 0. The molecule has 0 bridgehead atoms. The molecule has 0 unspecified atom stereocenters. The molecule has 8 aromatic carbocycles. The van der Waals surface area contributed by atoms with Gasteiger partial charge in [-0.1, -0.05) is 127 Å². The average molecular weight is 618 g/mol. The molecule has 2 nitrogen and oxygen atoms in total. The molecule has 0 atom stereocenters. The molecule has 0 saturated carbocycles. The summed E-state index contributed by atoms with van der Waals surface area (Å²) in [6, 6.07) is 58.8. The van der Waals surface area contributed by atoms with Gasteiger partial charge in [0.2, 0.25) is 0 Å². The Bertz CT molecular complexity index is 2790. The molecule has 2 heterocycles. The summed E-state index contributed by atoms with van der Waals surface area (Å²) in [5.41, 5.74) is 7.36. The first kappa shape index (κ1) is 26.3. The molecular formula is C44H27NOS. The number of para-hydroxylation sites is 1.